The fourth-order valence-corrected chi connectivity index (χ4v) is 3.01. The van der Waals surface area contributed by atoms with Crippen molar-refractivity contribution in [3.8, 4) is 0 Å². The molecule has 0 spiro atoms. The molecule has 6 heteroatoms. The minimum atomic E-state index is -3.19. The molecule has 0 aliphatic carbocycles. The first-order valence-electron chi connectivity index (χ1n) is 6.91. The van der Waals surface area contributed by atoms with E-state index >= 15 is 0 Å². The van der Waals surface area contributed by atoms with E-state index in [0.717, 1.165) is 24.1 Å². The molecule has 1 aromatic carbocycles. The standard InChI is InChI=1S/C15H21N3O2S/c1-4-16-15(8-12-10-17-18(2)11-12)13-6-5-7-14(9-13)21(3,19)20/h5-7,9-11,15-16H,4,8H2,1-3H3. The highest BCUT2D eigenvalue weighted by atomic mass is 32.2. The average molecular weight is 307 g/mol. The Morgan fingerprint density at radius 3 is 2.71 bits per heavy atom. The van der Waals surface area contributed by atoms with Gasteiger partial charge in [-0.3, -0.25) is 4.68 Å². The molecular weight excluding hydrogens is 286 g/mol. The summed E-state index contributed by atoms with van der Waals surface area (Å²) in [6, 6.07) is 7.20. The molecule has 1 atom stereocenters. The van der Waals surface area contributed by atoms with Crippen molar-refractivity contribution in [3.05, 3.63) is 47.8 Å². The Balaban J connectivity index is 2.29. The molecule has 2 rings (SSSR count). The number of hydrogen-bond acceptors (Lipinski definition) is 4. The van der Waals surface area contributed by atoms with Gasteiger partial charge in [-0.15, -0.1) is 0 Å². The summed E-state index contributed by atoms with van der Waals surface area (Å²) in [5.74, 6) is 0. The van der Waals surface area contributed by atoms with Crippen LogP contribution in [0.15, 0.2) is 41.6 Å². The number of aromatic nitrogens is 2. The second-order valence-corrected chi connectivity index (χ2v) is 7.20. The lowest BCUT2D eigenvalue weighted by Crippen LogP contribution is -2.23. The van der Waals surface area contributed by atoms with Gasteiger partial charge < -0.3 is 5.32 Å². The smallest absolute Gasteiger partial charge is 0.175 e. The monoisotopic (exact) mass is 307 g/mol. The van der Waals surface area contributed by atoms with Crippen molar-refractivity contribution in [1.29, 1.82) is 0 Å². The van der Waals surface area contributed by atoms with Crippen LogP contribution in [0.5, 0.6) is 0 Å². The molecule has 0 fully saturated rings. The molecule has 1 heterocycles. The van der Waals surface area contributed by atoms with Crippen LogP contribution in [-0.2, 0) is 23.3 Å². The van der Waals surface area contributed by atoms with E-state index in [9.17, 15) is 8.42 Å². The number of benzene rings is 1. The van der Waals surface area contributed by atoms with Gasteiger partial charge in [0.2, 0.25) is 0 Å². The van der Waals surface area contributed by atoms with Crippen LogP contribution in [-0.4, -0.2) is 31.0 Å². The lowest BCUT2D eigenvalue weighted by atomic mass is 10.0. The van der Waals surface area contributed by atoms with E-state index in [1.807, 2.05) is 32.4 Å². The quantitative estimate of drug-likeness (QED) is 0.882. The number of rotatable bonds is 6. The first kappa shape index (κ1) is 15.7. The maximum atomic E-state index is 11.7. The molecule has 0 radical (unpaired) electrons. The van der Waals surface area contributed by atoms with Crippen molar-refractivity contribution in [2.75, 3.05) is 12.8 Å². The van der Waals surface area contributed by atoms with Gasteiger partial charge in [-0.25, -0.2) is 8.42 Å². The van der Waals surface area contributed by atoms with Crippen molar-refractivity contribution in [2.24, 2.45) is 7.05 Å². The van der Waals surface area contributed by atoms with Crippen LogP contribution in [0.25, 0.3) is 0 Å². The SMILES string of the molecule is CCNC(Cc1cnn(C)c1)c1cccc(S(C)(=O)=O)c1. The van der Waals surface area contributed by atoms with Gasteiger partial charge in [0.15, 0.2) is 9.84 Å². The zero-order valence-corrected chi connectivity index (χ0v) is 13.4. The molecule has 0 saturated carbocycles. The molecule has 1 aromatic heterocycles. The fourth-order valence-electron chi connectivity index (χ4n) is 2.33. The number of hydrogen-bond donors (Lipinski definition) is 1. The summed E-state index contributed by atoms with van der Waals surface area (Å²) in [6.07, 6.45) is 5.82. The molecule has 1 N–H and O–H groups in total. The molecule has 0 amide bonds. The van der Waals surface area contributed by atoms with E-state index in [-0.39, 0.29) is 6.04 Å². The molecule has 114 valence electrons. The van der Waals surface area contributed by atoms with Crippen LogP contribution in [0.4, 0.5) is 0 Å². The Morgan fingerprint density at radius 1 is 1.38 bits per heavy atom. The van der Waals surface area contributed by atoms with Crippen molar-refractivity contribution >= 4 is 9.84 Å². The summed E-state index contributed by atoms with van der Waals surface area (Å²) in [4.78, 5) is 0.356. The van der Waals surface area contributed by atoms with Crippen LogP contribution < -0.4 is 5.32 Å². The Kier molecular flexibility index (Phi) is 4.80. The van der Waals surface area contributed by atoms with Gasteiger partial charge in [-0.2, -0.15) is 5.10 Å². The van der Waals surface area contributed by atoms with Crippen molar-refractivity contribution < 1.29 is 8.42 Å². The second kappa shape index (κ2) is 6.41. The fraction of sp³-hybridized carbons (Fsp3) is 0.400. The highest BCUT2D eigenvalue weighted by Crippen LogP contribution is 2.21. The van der Waals surface area contributed by atoms with E-state index < -0.39 is 9.84 Å². The lowest BCUT2D eigenvalue weighted by molar-refractivity contribution is 0.548. The minimum Gasteiger partial charge on any atom is -0.310 e. The maximum absolute atomic E-state index is 11.7. The van der Waals surface area contributed by atoms with Gasteiger partial charge in [-0.05, 0) is 36.2 Å². The van der Waals surface area contributed by atoms with Gasteiger partial charge in [0.25, 0.3) is 0 Å². The minimum absolute atomic E-state index is 0.0703. The van der Waals surface area contributed by atoms with Crippen molar-refractivity contribution in [2.45, 2.75) is 24.3 Å². The van der Waals surface area contributed by atoms with E-state index in [4.69, 9.17) is 0 Å². The first-order valence-corrected chi connectivity index (χ1v) is 8.80. The Labute approximate surface area is 125 Å². The van der Waals surface area contributed by atoms with Crippen LogP contribution in [0.1, 0.15) is 24.1 Å². The van der Waals surface area contributed by atoms with Gasteiger partial charge in [-0.1, -0.05) is 19.1 Å². The normalized spacial score (nSPS) is 13.3. The highest BCUT2D eigenvalue weighted by Gasteiger charge is 2.15. The summed E-state index contributed by atoms with van der Waals surface area (Å²) < 4.78 is 25.2. The van der Waals surface area contributed by atoms with Crippen LogP contribution >= 0.6 is 0 Å². The summed E-state index contributed by atoms with van der Waals surface area (Å²) in [5.41, 5.74) is 2.09. The summed E-state index contributed by atoms with van der Waals surface area (Å²) in [6.45, 7) is 2.85. The zero-order valence-electron chi connectivity index (χ0n) is 12.6. The van der Waals surface area contributed by atoms with Crippen LogP contribution in [0.2, 0.25) is 0 Å². The molecule has 1 unspecified atom stereocenters. The highest BCUT2D eigenvalue weighted by molar-refractivity contribution is 7.90. The van der Waals surface area contributed by atoms with E-state index in [2.05, 4.69) is 10.4 Å². The van der Waals surface area contributed by atoms with Gasteiger partial charge >= 0.3 is 0 Å². The zero-order chi connectivity index (χ0) is 15.5. The number of likely N-dealkylation sites (N-methyl/N-ethyl adjacent to an activating group) is 1. The topological polar surface area (TPSA) is 64.0 Å². The van der Waals surface area contributed by atoms with Gasteiger partial charge in [0, 0.05) is 25.5 Å². The van der Waals surface area contributed by atoms with Gasteiger partial charge in [0.1, 0.15) is 0 Å². The van der Waals surface area contributed by atoms with E-state index in [1.54, 1.807) is 22.9 Å². The predicted octanol–water partition coefficient (Wildman–Crippen LogP) is 1.72. The summed E-state index contributed by atoms with van der Waals surface area (Å²) >= 11 is 0. The van der Waals surface area contributed by atoms with E-state index in [1.165, 1.54) is 6.26 Å². The van der Waals surface area contributed by atoms with Crippen molar-refractivity contribution in [3.63, 3.8) is 0 Å². The third-order valence-electron chi connectivity index (χ3n) is 3.34. The average Bonchev–Trinajstić information content (AvgIpc) is 2.83. The van der Waals surface area contributed by atoms with Crippen molar-refractivity contribution in [1.82, 2.24) is 15.1 Å². The third-order valence-corrected chi connectivity index (χ3v) is 4.45. The van der Waals surface area contributed by atoms with Gasteiger partial charge in [0.05, 0.1) is 11.1 Å². The largest absolute Gasteiger partial charge is 0.310 e. The third kappa shape index (κ3) is 4.15. The van der Waals surface area contributed by atoms with Crippen LogP contribution in [0.3, 0.4) is 0 Å². The Hall–Kier alpha value is -1.66. The molecule has 0 aliphatic heterocycles. The number of sulfone groups is 1. The number of nitrogens with one attached hydrogen (secondary N) is 1. The molecule has 0 saturated heterocycles. The molecule has 0 bridgehead atoms. The molecular formula is C15H21N3O2S. The Bertz CT molecular complexity index is 707. The lowest BCUT2D eigenvalue weighted by Gasteiger charge is -2.18. The first-order chi connectivity index (χ1) is 9.90. The second-order valence-electron chi connectivity index (χ2n) is 5.18. The number of aryl methyl sites for hydroxylation is 1. The predicted molar refractivity (Wildman–Crippen MR) is 82.9 cm³/mol. The molecule has 0 aliphatic rings. The molecule has 2 aromatic rings. The number of nitrogens with zero attached hydrogens (tertiary/aromatic N) is 2. The molecule has 21 heavy (non-hydrogen) atoms. The van der Waals surface area contributed by atoms with Crippen LogP contribution in [0, 0.1) is 0 Å². The Morgan fingerprint density at radius 2 is 2.14 bits per heavy atom. The molecule has 5 nitrogen and oxygen atoms in total. The summed E-state index contributed by atoms with van der Waals surface area (Å²) in [7, 11) is -1.30. The maximum Gasteiger partial charge on any atom is 0.175 e. The van der Waals surface area contributed by atoms with E-state index in [0.29, 0.717) is 4.90 Å². The summed E-state index contributed by atoms with van der Waals surface area (Å²) in [5, 5.41) is 7.58.